The average molecular weight is 448 g/mol. The summed E-state index contributed by atoms with van der Waals surface area (Å²) >= 11 is 0. The van der Waals surface area contributed by atoms with Crippen LogP contribution in [0.25, 0.3) is 0 Å². The summed E-state index contributed by atoms with van der Waals surface area (Å²) in [7, 11) is 1.79. The van der Waals surface area contributed by atoms with Crippen molar-refractivity contribution in [1.29, 1.82) is 0 Å². The first kappa shape index (κ1) is 19.2. The summed E-state index contributed by atoms with van der Waals surface area (Å²) in [5, 5.41) is 3.33. The third kappa shape index (κ3) is 4.72. The molecule has 2 saturated heterocycles. The lowest BCUT2D eigenvalue weighted by molar-refractivity contribution is 0.122. The number of benzene rings is 1. The van der Waals surface area contributed by atoms with Crippen molar-refractivity contribution in [3.8, 4) is 0 Å². The monoisotopic (exact) mass is 448 g/mol. The maximum Gasteiger partial charge on any atom is 0.193 e. The van der Waals surface area contributed by atoms with Crippen LogP contribution in [0, 0.1) is 5.82 Å². The van der Waals surface area contributed by atoms with Gasteiger partial charge in [0.1, 0.15) is 5.82 Å². The van der Waals surface area contributed by atoms with Crippen LogP contribution in [0.15, 0.2) is 23.2 Å². The minimum Gasteiger partial charge on any atom is -0.378 e. The molecule has 0 spiro atoms. The van der Waals surface area contributed by atoms with Crippen LogP contribution in [0.1, 0.15) is 18.4 Å². The average Bonchev–Trinajstić information content (AvgIpc) is 3.11. The SMILES string of the molecule is CN=C(NCc1ccc(N2CCOCC2)c(F)c1)N1CCCC1.I. The van der Waals surface area contributed by atoms with Gasteiger partial charge in [-0.3, -0.25) is 4.99 Å². The fourth-order valence-corrected chi connectivity index (χ4v) is 3.16. The van der Waals surface area contributed by atoms with Crippen molar-refractivity contribution in [3.63, 3.8) is 0 Å². The van der Waals surface area contributed by atoms with Gasteiger partial charge in [-0.2, -0.15) is 0 Å². The Labute approximate surface area is 160 Å². The smallest absolute Gasteiger partial charge is 0.193 e. The van der Waals surface area contributed by atoms with Crippen LogP contribution in [0.4, 0.5) is 10.1 Å². The Hall–Kier alpha value is -1.09. The first-order valence-electron chi connectivity index (χ1n) is 8.34. The predicted molar refractivity (Wildman–Crippen MR) is 106 cm³/mol. The molecule has 5 nitrogen and oxygen atoms in total. The lowest BCUT2D eigenvalue weighted by atomic mass is 10.1. The molecule has 0 amide bonds. The molecule has 0 unspecified atom stereocenters. The second-order valence-electron chi connectivity index (χ2n) is 5.98. The molecule has 0 atom stereocenters. The molecule has 2 heterocycles. The molecule has 1 aromatic rings. The van der Waals surface area contributed by atoms with Crippen molar-refractivity contribution in [1.82, 2.24) is 10.2 Å². The molecule has 0 saturated carbocycles. The number of hydrogen-bond acceptors (Lipinski definition) is 3. The number of morpholine rings is 1. The molecule has 2 fully saturated rings. The highest BCUT2D eigenvalue weighted by Crippen LogP contribution is 2.21. The van der Waals surface area contributed by atoms with Crippen molar-refractivity contribution in [2.24, 2.45) is 4.99 Å². The number of rotatable bonds is 3. The molecule has 134 valence electrons. The number of nitrogens with zero attached hydrogens (tertiary/aromatic N) is 3. The lowest BCUT2D eigenvalue weighted by Gasteiger charge is -2.29. The molecule has 3 rings (SSSR count). The van der Waals surface area contributed by atoms with E-state index in [9.17, 15) is 4.39 Å². The molecular formula is C17H26FIN4O. The molecular weight excluding hydrogens is 422 g/mol. The molecule has 0 aromatic heterocycles. The van der Waals surface area contributed by atoms with E-state index in [-0.39, 0.29) is 29.8 Å². The number of aliphatic imine (C=N–C) groups is 1. The highest BCUT2D eigenvalue weighted by Gasteiger charge is 2.17. The molecule has 1 aromatic carbocycles. The van der Waals surface area contributed by atoms with Crippen LogP contribution in [0.5, 0.6) is 0 Å². The molecule has 0 radical (unpaired) electrons. The lowest BCUT2D eigenvalue weighted by Crippen LogP contribution is -2.39. The van der Waals surface area contributed by atoms with E-state index in [0.29, 0.717) is 25.4 Å². The Balaban J connectivity index is 0.00000208. The summed E-state index contributed by atoms with van der Waals surface area (Å²) in [6.07, 6.45) is 2.42. The summed E-state index contributed by atoms with van der Waals surface area (Å²) in [6.45, 7) is 5.49. The third-order valence-electron chi connectivity index (χ3n) is 4.43. The molecule has 1 N–H and O–H groups in total. The zero-order chi connectivity index (χ0) is 16.1. The number of hydrogen-bond donors (Lipinski definition) is 1. The zero-order valence-electron chi connectivity index (χ0n) is 14.1. The maximum atomic E-state index is 14.4. The van der Waals surface area contributed by atoms with E-state index >= 15 is 0 Å². The van der Waals surface area contributed by atoms with Crippen molar-refractivity contribution in [3.05, 3.63) is 29.6 Å². The first-order chi connectivity index (χ1) is 11.3. The van der Waals surface area contributed by atoms with E-state index in [1.54, 1.807) is 13.1 Å². The number of guanidine groups is 1. The van der Waals surface area contributed by atoms with E-state index in [1.165, 1.54) is 12.8 Å². The van der Waals surface area contributed by atoms with Gasteiger partial charge in [0, 0.05) is 39.8 Å². The van der Waals surface area contributed by atoms with Gasteiger partial charge in [0.05, 0.1) is 18.9 Å². The predicted octanol–water partition coefficient (Wildman–Crippen LogP) is 2.45. The van der Waals surface area contributed by atoms with Crippen molar-refractivity contribution in [2.75, 3.05) is 51.3 Å². The summed E-state index contributed by atoms with van der Waals surface area (Å²) in [4.78, 5) is 8.60. The number of nitrogens with one attached hydrogen (secondary N) is 1. The van der Waals surface area contributed by atoms with Gasteiger partial charge < -0.3 is 19.9 Å². The number of halogens is 2. The first-order valence-corrected chi connectivity index (χ1v) is 8.34. The fourth-order valence-electron chi connectivity index (χ4n) is 3.16. The summed E-state index contributed by atoms with van der Waals surface area (Å²) in [5.74, 6) is 0.738. The van der Waals surface area contributed by atoms with Crippen molar-refractivity contribution < 1.29 is 9.13 Å². The molecule has 0 aliphatic carbocycles. The van der Waals surface area contributed by atoms with Crippen LogP contribution in [-0.4, -0.2) is 57.3 Å². The Bertz CT molecular complexity index is 558. The van der Waals surface area contributed by atoms with E-state index < -0.39 is 0 Å². The zero-order valence-corrected chi connectivity index (χ0v) is 16.5. The highest BCUT2D eigenvalue weighted by atomic mass is 127. The largest absolute Gasteiger partial charge is 0.378 e. The second kappa shape index (κ2) is 9.41. The van der Waals surface area contributed by atoms with Gasteiger partial charge in [-0.1, -0.05) is 6.07 Å². The Morgan fingerprint density at radius 1 is 1.21 bits per heavy atom. The summed E-state index contributed by atoms with van der Waals surface area (Å²) in [6, 6.07) is 5.48. The van der Waals surface area contributed by atoms with Gasteiger partial charge in [-0.25, -0.2) is 4.39 Å². The number of ether oxygens (including phenoxy) is 1. The van der Waals surface area contributed by atoms with Crippen LogP contribution in [0.3, 0.4) is 0 Å². The van der Waals surface area contributed by atoms with Crippen LogP contribution < -0.4 is 10.2 Å². The molecule has 2 aliphatic heterocycles. The van der Waals surface area contributed by atoms with Gasteiger partial charge in [0.25, 0.3) is 0 Å². The Morgan fingerprint density at radius 3 is 2.54 bits per heavy atom. The normalized spacial score (nSPS) is 18.5. The summed E-state index contributed by atoms with van der Waals surface area (Å²) in [5.41, 5.74) is 1.60. The van der Waals surface area contributed by atoms with Gasteiger partial charge >= 0.3 is 0 Å². The number of likely N-dealkylation sites (tertiary alicyclic amines) is 1. The van der Waals surface area contributed by atoms with E-state index in [1.807, 2.05) is 17.0 Å². The minimum absolute atomic E-state index is 0. The quantitative estimate of drug-likeness (QED) is 0.438. The minimum atomic E-state index is -0.164. The van der Waals surface area contributed by atoms with Crippen LogP contribution >= 0.6 is 24.0 Å². The Morgan fingerprint density at radius 2 is 1.92 bits per heavy atom. The van der Waals surface area contributed by atoms with Gasteiger partial charge in [0.2, 0.25) is 0 Å². The summed E-state index contributed by atoms with van der Waals surface area (Å²) < 4.78 is 19.7. The number of anilines is 1. The van der Waals surface area contributed by atoms with E-state index in [4.69, 9.17) is 4.74 Å². The highest BCUT2D eigenvalue weighted by molar-refractivity contribution is 14.0. The molecule has 0 bridgehead atoms. The third-order valence-corrected chi connectivity index (χ3v) is 4.43. The fraction of sp³-hybridized carbons (Fsp3) is 0.588. The molecule has 2 aliphatic rings. The Kier molecular flexibility index (Phi) is 7.54. The topological polar surface area (TPSA) is 40.1 Å². The van der Waals surface area contributed by atoms with Gasteiger partial charge in [0.15, 0.2) is 5.96 Å². The van der Waals surface area contributed by atoms with E-state index in [0.717, 1.165) is 37.7 Å². The molecule has 24 heavy (non-hydrogen) atoms. The van der Waals surface area contributed by atoms with Crippen LogP contribution in [-0.2, 0) is 11.3 Å². The van der Waals surface area contributed by atoms with Crippen molar-refractivity contribution >= 4 is 35.6 Å². The maximum absolute atomic E-state index is 14.4. The molecule has 7 heteroatoms. The second-order valence-corrected chi connectivity index (χ2v) is 5.98. The van der Waals surface area contributed by atoms with Gasteiger partial charge in [-0.15, -0.1) is 24.0 Å². The standard InChI is InChI=1S/C17H25FN4O.HI/c1-19-17(22-6-2-3-7-22)20-13-14-4-5-16(15(18)12-14)21-8-10-23-11-9-21;/h4-5,12H,2-3,6-11,13H2,1H3,(H,19,20);1H. The van der Waals surface area contributed by atoms with Gasteiger partial charge in [-0.05, 0) is 30.5 Å². The van der Waals surface area contributed by atoms with Crippen molar-refractivity contribution in [2.45, 2.75) is 19.4 Å². The van der Waals surface area contributed by atoms with E-state index in [2.05, 4.69) is 15.2 Å². The van der Waals surface area contributed by atoms with Crippen LogP contribution in [0.2, 0.25) is 0 Å².